The first-order chi connectivity index (χ1) is 9.16. The third-order valence-electron chi connectivity index (χ3n) is 3.11. The molecule has 104 valence electrons. The average Bonchev–Trinajstić information content (AvgIpc) is 2.91. The zero-order valence-electron chi connectivity index (χ0n) is 10.9. The van der Waals surface area contributed by atoms with E-state index in [2.05, 4.69) is 5.32 Å². The summed E-state index contributed by atoms with van der Waals surface area (Å²) in [5.74, 6) is -0.656. The molecule has 0 saturated carbocycles. The van der Waals surface area contributed by atoms with Crippen LogP contribution in [0.2, 0.25) is 0 Å². The molecule has 1 saturated heterocycles. The minimum absolute atomic E-state index is 0.0563. The first kappa shape index (κ1) is 13.8. The average molecular weight is 267 g/mol. The number of carbonyl (C=O) groups is 1. The van der Waals surface area contributed by atoms with E-state index in [4.69, 9.17) is 9.47 Å². The van der Waals surface area contributed by atoms with Crippen molar-refractivity contribution in [2.45, 2.75) is 31.9 Å². The summed E-state index contributed by atoms with van der Waals surface area (Å²) in [6.45, 7) is 2.45. The van der Waals surface area contributed by atoms with Crippen molar-refractivity contribution >= 4 is 5.91 Å². The lowest BCUT2D eigenvalue weighted by Crippen LogP contribution is -2.42. The molecule has 0 bridgehead atoms. The summed E-state index contributed by atoms with van der Waals surface area (Å²) >= 11 is 0. The summed E-state index contributed by atoms with van der Waals surface area (Å²) < 4.78 is 23.9. The van der Waals surface area contributed by atoms with Gasteiger partial charge in [-0.15, -0.1) is 0 Å². The highest BCUT2D eigenvalue weighted by atomic mass is 19.1. The molecule has 1 amide bonds. The fourth-order valence-corrected chi connectivity index (χ4v) is 2.09. The molecule has 0 radical (unpaired) electrons. The van der Waals surface area contributed by atoms with Gasteiger partial charge in [-0.25, -0.2) is 4.39 Å². The molecule has 1 aliphatic rings. The SMILES string of the molecule is C[C@H](NC(=O)COc1ccccc1F)[C@@H]1CCCO1. The molecule has 19 heavy (non-hydrogen) atoms. The van der Waals surface area contributed by atoms with Crippen LogP contribution in [0.4, 0.5) is 4.39 Å². The lowest BCUT2D eigenvalue weighted by atomic mass is 10.1. The van der Waals surface area contributed by atoms with E-state index in [0.29, 0.717) is 0 Å². The number of carbonyl (C=O) groups excluding carboxylic acids is 1. The summed E-state index contributed by atoms with van der Waals surface area (Å²) in [4.78, 5) is 11.7. The molecule has 1 aromatic carbocycles. The molecule has 0 aliphatic carbocycles. The lowest BCUT2D eigenvalue weighted by Gasteiger charge is -2.20. The normalized spacial score (nSPS) is 20.0. The van der Waals surface area contributed by atoms with Crippen molar-refractivity contribution in [3.63, 3.8) is 0 Å². The van der Waals surface area contributed by atoms with Crippen LogP contribution in [0.15, 0.2) is 24.3 Å². The standard InChI is InChI=1S/C14H18FNO3/c1-10(12-7-4-8-18-12)16-14(17)9-19-13-6-3-2-5-11(13)15/h2-3,5-6,10,12H,4,7-9H2,1H3,(H,16,17)/t10-,12-/m0/s1. The van der Waals surface area contributed by atoms with E-state index >= 15 is 0 Å². The quantitative estimate of drug-likeness (QED) is 0.886. The Balaban J connectivity index is 1.77. The topological polar surface area (TPSA) is 47.6 Å². The second kappa shape index (κ2) is 6.52. The van der Waals surface area contributed by atoms with E-state index in [0.717, 1.165) is 19.4 Å². The van der Waals surface area contributed by atoms with E-state index in [-0.39, 0.29) is 30.4 Å². The van der Waals surface area contributed by atoms with Crippen molar-refractivity contribution in [1.29, 1.82) is 0 Å². The fraction of sp³-hybridized carbons (Fsp3) is 0.500. The van der Waals surface area contributed by atoms with Crippen molar-refractivity contribution in [2.75, 3.05) is 13.2 Å². The number of amides is 1. The van der Waals surface area contributed by atoms with Crippen LogP contribution in [0.5, 0.6) is 5.75 Å². The van der Waals surface area contributed by atoms with Crippen LogP contribution in [0.1, 0.15) is 19.8 Å². The maximum absolute atomic E-state index is 13.3. The molecular weight excluding hydrogens is 249 g/mol. The number of benzene rings is 1. The van der Waals surface area contributed by atoms with Gasteiger partial charge >= 0.3 is 0 Å². The van der Waals surface area contributed by atoms with Crippen molar-refractivity contribution < 1.29 is 18.7 Å². The molecule has 2 rings (SSSR count). The van der Waals surface area contributed by atoms with Crippen molar-refractivity contribution in [2.24, 2.45) is 0 Å². The van der Waals surface area contributed by atoms with Gasteiger partial charge in [-0.2, -0.15) is 0 Å². The predicted molar refractivity (Wildman–Crippen MR) is 68.5 cm³/mol. The van der Waals surface area contributed by atoms with Gasteiger partial charge in [0.2, 0.25) is 0 Å². The molecule has 1 aliphatic heterocycles. The maximum Gasteiger partial charge on any atom is 0.258 e. The first-order valence-corrected chi connectivity index (χ1v) is 6.45. The highest BCUT2D eigenvalue weighted by molar-refractivity contribution is 5.77. The molecule has 1 heterocycles. The zero-order valence-corrected chi connectivity index (χ0v) is 10.9. The third-order valence-corrected chi connectivity index (χ3v) is 3.11. The second-order valence-corrected chi connectivity index (χ2v) is 4.63. The number of rotatable bonds is 5. The van der Waals surface area contributed by atoms with Crippen molar-refractivity contribution in [3.05, 3.63) is 30.1 Å². The molecule has 0 spiro atoms. The highest BCUT2D eigenvalue weighted by Crippen LogP contribution is 2.16. The Morgan fingerprint density at radius 1 is 1.58 bits per heavy atom. The van der Waals surface area contributed by atoms with Crippen LogP contribution in [0.3, 0.4) is 0 Å². The molecular formula is C14H18FNO3. The Bertz CT molecular complexity index is 432. The van der Waals surface area contributed by atoms with Gasteiger partial charge in [0.25, 0.3) is 5.91 Å². The molecule has 0 unspecified atom stereocenters. The summed E-state index contributed by atoms with van der Waals surface area (Å²) in [5, 5.41) is 2.80. The summed E-state index contributed by atoms with van der Waals surface area (Å²) in [6.07, 6.45) is 2.05. The lowest BCUT2D eigenvalue weighted by molar-refractivity contribution is -0.124. The molecule has 1 N–H and O–H groups in total. The van der Waals surface area contributed by atoms with Crippen LogP contribution in [0.25, 0.3) is 0 Å². The number of ether oxygens (including phenoxy) is 2. The zero-order chi connectivity index (χ0) is 13.7. The number of hydrogen-bond donors (Lipinski definition) is 1. The maximum atomic E-state index is 13.3. The molecule has 5 heteroatoms. The Hall–Kier alpha value is -1.62. The van der Waals surface area contributed by atoms with Crippen LogP contribution >= 0.6 is 0 Å². The van der Waals surface area contributed by atoms with E-state index in [1.54, 1.807) is 12.1 Å². The molecule has 1 aromatic rings. The van der Waals surface area contributed by atoms with Gasteiger partial charge in [0, 0.05) is 6.61 Å². The van der Waals surface area contributed by atoms with Gasteiger partial charge in [-0.1, -0.05) is 12.1 Å². The van der Waals surface area contributed by atoms with Crippen molar-refractivity contribution in [3.8, 4) is 5.75 Å². The second-order valence-electron chi connectivity index (χ2n) is 4.63. The fourth-order valence-electron chi connectivity index (χ4n) is 2.09. The van der Waals surface area contributed by atoms with E-state index < -0.39 is 5.82 Å². The Morgan fingerprint density at radius 3 is 3.05 bits per heavy atom. The van der Waals surface area contributed by atoms with Crippen LogP contribution in [0, 0.1) is 5.82 Å². The first-order valence-electron chi connectivity index (χ1n) is 6.45. The van der Waals surface area contributed by atoms with Gasteiger partial charge < -0.3 is 14.8 Å². The Morgan fingerprint density at radius 2 is 2.37 bits per heavy atom. The third kappa shape index (κ3) is 3.92. The van der Waals surface area contributed by atoms with Gasteiger partial charge in [-0.05, 0) is 31.9 Å². The monoisotopic (exact) mass is 267 g/mol. The minimum Gasteiger partial charge on any atom is -0.481 e. The molecule has 4 nitrogen and oxygen atoms in total. The van der Waals surface area contributed by atoms with E-state index in [1.807, 2.05) is 6.92 Å². The number of hydrogen-bond acceptors (Lipinski definition) is 3. The molecule has 2 atom stereocenters. The number of nitrogens with one attached hydrogen (secondary N) is 1. The van der Waals surface area contributed by atoms with E-state index in [1.165, 1.54) is 12.1 Å². The summed E-state index contributed by atoms with van der Waals surface area (Å²) in [6, 6.07) is 5.96. The Kier molecular flexibility index (Phi) is 4.74. The van der Waals surface area contributed by atoms with Gasteiger partial charge in [0.05, 0.1) is 12.1 Å². The number of para-hydroxylation sites is 1. The van der Waals surface area contributed by atoms with E-state index in [9.17, 15) is 9.18 Å². The van der Waals surface area contributed by atoms with Crippen LogP contribution in [-0.4, -0.2) is 31.3 Å². The summed E-state index contributed by atoms with van der Waals surface area (Å²) in [7, 11) is 0. The van der Waals surface area contributed by atoms with Crippen molar-refractivity contribution in [1.82, 2.24) is 5.32 Å². The molecule has 1 fully saturated rings. The largest absolute Gasteiger partial charge is 0.481 e. The van der Waals surface area contributed by atoms with Gasteiger partial charge in [-0.3, -0.25) is 4.79 Å². The smallest absolute Gasteiger partial charge is 0.258 e. The minimum atomic E-state index is -0.470. The number of halogens is 1. The highest BCUT2D eigenvalue weighted by Gasteiger charge is 2.23. The van der Waals surface area contributed by atoms with Crippen LogP contribution in [-0.2, 0) is 9.53 Å². The van der Waals surface area contributed by atoms with Gasteiger partial charge in [0.1, 0.15) is 0 Å². The predicted octanol–water partition coefficient (Wildman–Crippen LogP) is 1.89. The van der Waals surface area contributed by atoms with Gasteiger partial charge in [0.15, 0.2) is 18.2 Å². The Labute approximate surface area is 111 Å². The molecule has 0 aromatic heterocycles. The summed E-state index contributed by atoms with van der Waals surface area (Å²) in [5.41, 5.74) is 0. The van der Waals surface area contributed by atoms with Crippen LogP contribution < -0.4 is 10.1 Å².